The van der Waals surface area contributed by atoms with Gasteiger partial charge in [0, 0.05) is 6.42 Å². The van der Waals surface area contributed by atoms with E-state index in [-0.39, 0.29) is 19.1 Å². The lowest BCUT2D eigenvalue weighted by molar-refractivity contribution is -0.870. The number of aliphatic hydroxyl groups is 1. The average molecular weight is 884 g/mol. The monoisotopic (exact) mass is 884 g/mol. The molecule has 0 aliphatic rings. The Labute approximate surface area is 379 Å². The van der Waals surface area contributed by atoms with E-state index in [0.717, 1.165) is 38.5 Å². The molecule has 3 unspecified atom stereocenters. The minimum absolute atomic E-state index is 0.0621. The highest BCUT2D eigenvalue weighted by Crippen LogP contribution is 2.43. The summed E-state index contributed by atoms with van der Waals surface area (Å²) in [6.45, 7) is 4.83. The first-order chi connectivity index (χ1) is 29.5. The van der Waals surface area contributed by atoms with Crippen LogP contribution >= 0.6 is 7.82 Å². The topological polar surface area (TPSA) is 105 Å². The lowest BCUT2D eigenvalue weighted by Crippen LogP contribution is -2.45. The molecule has 0 fully saturated rings. The van der Waals surface area contributed by atoms with Gasteiger partial charge in [-0.05, 0) is 44.9 Å². The second-order valence-corrected chi connectivity index (χ2v) is 20.7. The standard InChI is InChI=1S/C52H103N2O6P/c1-6-8-10-12-14-16-18-20-22-24-25-26-27-28-30-31-33-35-37-39-41-43-45-51(55)50(49-60-61(57,58)59-48-47-54(3,4)5)53-52(56)46-44-42-40-38-36-34-32-29-23-21-19-17-15-13-11-9-7-2/h21,23,43,45,50-51,55H,6-20,22,24-42,44,46-49H2,1-5H3,(H-,53,56,57,58)/p+1/b23-21-,45-43+. The summed E-state index contributed by atoms with van der Waals surface area (Å²) < 4.78 is 23.7. The zero-order valence-corrected chi connectivity index (χ0v) is 42.1. The van der Waals surface area contributed by atoms with E-state index >= 15 is 0 Å². The first-order valence-corrected chi connectivity index (χ1v) is 27.7. The van der Waals surface area contributed by atoms with E-state index < -0.39 is 20.0 Å². The third-order valence-corrected chi connectivity index (χ3v) is 12.9. The minimum atomic E-state index is -4.34. The Morgan fingerprint density at radius 1 is 0.541 bits per heavy atom. The maximum atomic E-state index is 12.9. The molecule has 1 amide bonds. The van der Waals surface area contributed by atoms with Crippen molar-refractivity contribution in [2.24, 2.45) is 0 Å². The molecule has 9 heteroatoms. The first kappa shape index (κ1) is 60.0. The molecule has 8 nitrogen and oxygen atoms in total. The molecule has 0 bridgehead atoms. The minimum Gasteiger partial charge on any atom is -0.387 e. The fourth-order valence-electron chi connectivity index (χ4n) is 7.74. The van der Waals surface area contributed by atoms with Crippen LogP contribution in [0.2, 0.25) is 0 Å². The lowest BCUT2D eigenvalue weighted by atomic mass is 10.0. The molecule has 3 atom stereocenters. The molecule has 362 valence electrons. The summed E-state index contributed by atoms with van der Waals surface area (Å²) in [6.07, 6.45) is 54.0. The van der Waals surface area contributed by atoms with Crippen LogP contribution < -0.4 is 5.32 Å². The Balaban J connectivity index is 4.28. The highest BCUT2D eigenvalue weighted by atomic mass is 31.2. The normalized spacial score (nSPS) is 14.3. The number of unbranched alkanes of at least 4 members (excludes halogenated alkanes) is 33. The van der Waals surface area contributed by atoms with Crippen LogP contribution in [0.3, 0.4) is 0 Å². The smallest absolute Gasteiger partial charge is 0.387 e. The predicted octanol–water partition coefficient (Wildman–Crippen LogP) is 15.3. The van der Waals surface area contributed by atoms with Gasteiger partial charge in [0.1, 0.15) is 13.2 Å². The third kappa shape index (κ3) is 46.8. The molecule has 0 spiro atoms. The molecule has 0 saturated carbocycles. The number of allylic oxidation sites excluding steroid dienone is 3. The Morgan fingerprint density at radius 3 is 1.26 bits per heavy atom. The van der Waals surface area contributed by atoms with Crippen LogP contribution in [-0.2, 0) is 18.4 Å². The summed E-state index contributed by atoms with van der Waals surface area (Å²) in [5, 5.41) is 13.9. The summed E-state index contributed by atoms with van der Waals surface area (Å²) in [5.74, 6) is -0.179. The fraction of sp³-hybridized carbons (Fsp3) is 0.904. The van der Waals surface area contributed by atoms with Crippen molar-refractivity contribution in [1.82, 2.24) is 5.32 Å². The molecule has 0 aromatic heterocycles. The molecule has 0 aliphatic carbocycles. The Hall–Kier alpha value is -1.02. The Bertz CT molecular complexity index is 1050. The molecule has 0 aromatic rings. The molecule has 0 saturated heterocycles. The van der Waals surface area contributed by atoms with Crippen LogP contribution in [0.15, 0.2) is 24.3 Å². The van der Waals surface area contributed by atoms with E-state index in [1.54, 1.807) is 6.08 Å². The second-order valence-electron chi connectivity index (χ2n) is 19.3. The number of hydrogen-bond donors (Lipinski definition) is 3. The Morgan fingerprint density at radius 2 is 0.885 bits per heavy atom. The molecule has 61 heavy (non-hydrogen) atoms. The van der Waals surface area contributed by atoms with E-state index in [0.29, 0.717) is 17.4 Å². The van der Waals surface area contributed by atoms with Gasteiger partial charge >= 0.3 is 7.82 Å². The van der Waals surface area contributed by atoms with Gasteiger partial charge in [-0.25, -0.2) is 4.57 Å². The van der Waals surface area contributed by atoms with E-state index in [1.165, 1.54) is 193 Å². The third-order valence-electron chi connectivity index (χ3n) is 11.9. The van der Waals surface area contributed by atoms with Crippen LogP contribution in [-0.4, -0.2) is 73.4 Å². The van der Waals surface area contributed by atoms with Gasteiger partial charge in [-0.3, -0.25) is 13.8 Å². The van der Waals surface area contributed by atoms with Crippen molar-refractivity contribution in [2.75, 3.05) is 40.9 Å². The van der Waals surface area contributed by atoms with E-state index in [1.807, 2.05) is 27.2 Å². The van der Waals surface area contributed by atoms with Gasteiger partial charge in [-0.1, -0.05) is 224 Å². The molecule has 0 rings (SSSR count). The van der Waals surface area contributed by atoms with Crippen molar-refractivity contribution in [3.05, 3.63) is 24.3 Å². The highest BCUT2D eigenvalue weighted by molar-refractivity contribution is 7.47. The molecule has 0 aromatic carbocycles. The average Bonchev–Trinajstić information content (AvgIpc) is 3.21. The van der Waals surface area contributed by atoms with Crippen molar-refractivity contribution in [1.29, 1.82) is 0 Å². The zero-order chi connectivity index (χ0) is 45.0. The molecule has 0 heterocycles. The number of rotatable bonds is 48. The Kier molecular flexibility index (Phi) is 43.5. The van der Waals surface area contributed by atoms with E-state index in [2.05, 4.69) is 31.3 Å². The number of phosphoric ester groups is 1. The maximum absolute atomic E-state index is 12.9. The number of nitrogens with one attached hydrogen (secondary N) is 1. The maximum Gasteiger partial charge on any atom is 0.472 e. The van der Waals surface area contributed by atoms with Gasteiger partial charge in [0.2, 0.25) is 5.91 Å². The summed E-state index contributed by atoms with van der Waals surface area (Å²) in [4.78, 5) is 23.2. The van der Waals surface area contributed by atoms with Gasteiger partial charge in [0.05, 0.1) is 39.9 Å². The van der Waals surface area contributed by atoms with Crippen LogP contribution in [0.4, 0.5) is 0 Å². The second kappa shape index (κ2) is 44.2. The SMILES string of the molecule is CCCCCCCC/C=C\CCCCCCCCCC(=O)NC(COP(=O)(O)OCC[N+](C)(C)C)C(O)/C=C/CCCCCCCCCCCCCCCCCCCCCC. The molecule has 0 aliphatic heterocycles. The fourth-order valence-corrected chi connectivity index (χ4v) is 8.48. The molecular weight excluding hydrogens is 780 g/mol. The number of carbonyl (C=O) groups excluding carboxylic acids is 1. The number of phosphoric acid groups is 1. The van der Waals surface area contributed by atoms with Crippen molar-refractivity contribution in [2.45, 2.75) is 264 Å². The first-order valence-electron chi connectivity index (χ1n) is 26.2. The summed E-state index contributed by atoms with van der Waals surface area (Å²) >= 11 is 0. The number of hydrogen-bond acceptors (Lipinski definition) is 5. The number of amides is 1. The number of likely N-dealkylation sites (N-methyl/N-ethyl adjacent to an activating group) is 1. The van der Waals surface area contributed by atoms with Gasteiger partial charge in [0.25, 0.3) is 0 Å². The van der Waals surface area contributed by atoms with E-state index in [4.69, 9.17) is 9.05 Å². The van der Waals surface area contributed by atoms with Gasteiger partial charge in [0.15, 0.2) is 0 Å². The van der Waals surface area contributed by atoms with Crippen LogP contribution in [0, 0.1) is 0 Å². The van der Waals surface area contributed by atoms with Crippen molar-refractivity contribution in [3.63, 3.8) is 0 Å². The zero-order valence-electron chi connectivity index (χ0n) is 41.2. The molecule has 3 N–H and O–H groups in total. The van der Waals surface area contributed by atoms with Crippen molar-refractivity contribution < 1.29 is 32.9 Å². The van der Waals surface area contributed by atoms with Crippen molar-refractivity contribution >= 4 is 13.7 Å². The lowest BCUT2D eigenvalue weighted by Gasteiger charge is -2.25. The molecular formula is C52H104N2O6P+. The van der Waals surface area contributed by atoms with Gasteiger partial charge < -0.3 is 19.8 Å². The summed E-state index contributed by atoms with van der Waals surface area (Å²) in [6, 6.07) is -0.846. The van der Waals surface area contributed by atoms with Crippen LogP contribution in [0.25, 0.3) is 0 Å². The number of quaternary nitrogens is 1. The number of carbonyl (C=O) groups is 1. The number of nitrogens with zero attached hydrogens (tertiary/aromatic N) is 1. The van der Waals surface area contributed by atoms with Gasteiger partial charge in [-0.15, -0.1) is 0 Å². The van der Waals surface area contributed by atoms with Crippen LogP contribution in [0.1, 0.15) is 251 Å². The van der Waals surface area contributed by atoms with Crippen LogP contribution in [0.5, 0.6) is 0 Å². The summed E-state index contributed by atoms with van der Waals surface area (Å²) in [7, 11) is 1.58. The largest absolute Gasteiger partial charge is 0.472 e. The summed E-state index contributed by atoms with van der Waals surface area (Å²) in [5.41, 5.74) is 0. The predicted molar refractivity (Wildman–Crippen MR) is 263 cm³/mol. The van der Waals surface area contributed by atoms with Crippen molar-refractivity contribution in [3.8, 4) is 0 Å². The van der Waals surface area contributed by atoms with E-state index in [9.17, 15) is 19.4 Å². The highest BCUT2D eigenvalue weighted by Gasteiger charge is 2.27. The number of aliphatic hydroxyl groups excluding tert-OH is 1. The quantitative estimate of drug-likeness (QED) is 0.0243. The molecule has 0 radical (unpaired) electrons. The van der Waals surface area contributed by atoms with Gasteiger partial charge in [-0.2, -0.15) is 0 Å².